The van der Waals surface area contributed by atoms with Crippen molar-refractivity contribution in [2.24, 2.45) is 0 Å². The maximum Gasteiger partial charge on any atom is 0.244 e. The van der Waals surface area contributed by atoms with Crippen LogP contribution in [-0.4, -0.2) is 44.7 Å². The Morgan fingerprint density at radius 1 is 1.32 bits per heavy atom. The maximum atomic E-state index is 12.4. The third kappa shape index (κ3) is 4.18. The summed E-state index contributed by atoms with van der Waals surface area (Å²) in [5, 5.41) is 6.55. The molecule has 0 saturated heterocycles. The van der Waals surface area contributed by atoms with Crippen molar-refractivity contribution in [1.29, 1.82) is 0 Å². The van der Waals surface area contributed by atoms with Gasteiger partial charge in [0.05, 0.1) is 24.2 Å². The summed E-state index contributed by atoms with van der Waals surface area (Å²) in [5.74, 6) is 0.335. The Kier molecular flexibility index (Phi) is 5.81. The third-order valence-electron chi connectivity index (χ3n) is 3.71. The molecule has 0 saturated carbocycles. The molecule has 0 fully saturated rings. The van der Waals surface area contributed by atoms with E-state index in [1.54, 1.807) is 38.1 Å². The number of sulfonamides is 1. The molecule has 2 aromatic rings. The molecule has 1 aromatic carbocycles. The van der Waals surface area contributed by atoms with Gasteiger partial charge in [0.2, 0.25) is 15.9 Å². The highest BCUT2D eigenvalue weighted by atomic mass is 32.2. The van der Waals surface area contributed by atoms with Crippen LogP contribution in [0, 0.1) is 13.8 Å². The zero-order valence-electron chi connectivity index (χ0n) is 14.7. The Bertz CT molecular complexity index is 841. The number of methoxy groups -OCH3 is 1. The van der Waals surface area contributed by atoms with Crippen LogP contribution in [0.3, 0.4) is 0 Å². The SMILES string of the molecule is COc1ccccc1N(CCNS(=O)(=O)c1c(C)n[nH]c1C)C(C)=O. The smallest absolute Gasteiger partial charge is 0.244 e. The quantitative estimate of drug-likeness (QED) is 0.770. The summed E-state index contributed by atoms with van der Waals surface area (Å²) >= 11 is 0. The highest BCUT2D eigenvalue weighted by Crippen LogP contribution is 2.27. The van der Waals surface area contributed by atoms with E-state index in [-0.39, 0.29) is 23.9 Å². The second-order valence-corrected chi connectivity index (χ2v) is 7.21. The minimum Gasteiger partial charge on any atom is -0.495 e. The second kappa shape index (κ2) is 7.66. The molecule has 0 aliphatic carbocycles. The molecule has 2 N–H and O–H groups in total. The Hall–Kier alpha value is -2.39. The average molecular weight is 366 g/mol. The molecule has 0 spiro atoms. The first kappa shape index (κ1) is 18.9. The number of nitrogens with one attached hydrogen (secondary N) is 2. The first-order chi connectivity index (χ1) is 11.8. The van der Waals surface area contributed by atoms with Crippen molar-refractivity contribution in [2.45, 2.75) is 25.7 Å². The number of anilines is 1. The molecule has 136 valence electrons. The predicted molar refractivity (Wildman–Crippen MR) is 94.3 cm³/mol. The van der Waals surface area contributed by atoms with E-state index in [0.29, 0.717) is 22.8 Å². The number of aromatic amines is 1. The first-order valence-corrected chi connectivity index (χ1v) is 9.18. The van der Waals surface area contributed by atoms with Crippen molar-refractivity contribution in [3.63, 3.8) is 0 Å². The van der Waals surface area contributed by atoms with Crippen LogP contribution in [-0.2, 0) is 14.8 Å². The zero-order chi connectivity index (χ0) is 18.6. The van der Waals surface area contributed by atoms with E-state index >= 15 is 0 Å². The van der Waals surface area contributed by atoms with Gasteiger partial charge in [-0.1, -0.05) is 12.1 Å². The number of hydrogen-bond acceptors (Lipinski definition) is 5. The van der Waals surface area contributed by atoms with Gasteiger partial charge in [0.15, 0.2) is 0 Å². The Labute approximate surface area is 147 Å². The Morgan fingerprint density at radius 3 is 2.56 bits per heavy atom. The monoisotopic (exact) mass is 366 g/mol. The van der Waals surface area contributed by atoms with Crippen LogP contribution < -0.4 is 14.4 Å². The largest absolute Gasteiger partial charge is 0.495 e. The number of carbonyl (C=O) groups is 1. The number of para-hydroxylation sites is 2. The molecule has 0 unspecified atom stereocenters. The van der Waals surface area contributed by atoms with Crippen LogP contribution in [0.4, 0.5) is 5.69 Å². The lowest BCUT2D eigenvalue weighted by atomic mass is 10.2. The predicted octanol–water partition coefficient (Wildman–Crippen LogP) is 1.37. The highest BCUT2D eigenvalue weighted by Gasteiger charge is 2.23. The highest BCUT2D eigenvalue weighted by molar-refractivity contribution is 7.89. The fourth-order valence-corrected chi connectivity index (χ4v) is 3.99. The molecule has 1 aromatic heterocycles. The average Bonchev–Trinajstić information content (AvgIpc) is 2.90. The van der Waals surface area contributed by atoms with E-state index in [1.165, 1.54) is 18.9 Å². The standard InChI is InChI=1S/C16H22N4O4S/c1-11-16(12(2)19-18-11)25(22,23)17-9-10-20(13(3)21)14-7-5-6-8-15(14)24-4/h5-8,17H,9-10H2,1-4H3,(H,18,19). The number of benzene rings is 1. The summed E-state index contributed by atoms with van der Waals surface area (Å²) in [6.45, 7) is 4.92. The van der Waals surface area contributed by atoms with Crippen LogP contribution >= 0.6 is 0 Å². The summed E-state index contributed by atoms with van der Waals surface area (Å²) in [5.41, 5.74) is 1.46. The van der Waals surface area contributed by atoms with Gasteiger partial charge in [-0.3, -0.25) is 9.89 Å². The fraction of sp³-hybridized carbons (Fsp3) is 0.375. The van der Waals surface area contributed by atoms with Crippen molar-refractivity contribution in [2.75, 3.05) is 25.1 Å². The number of rotatable bonds is 7. The number of hydrogen-bond donors (Lipinski definition) is 2. The molecule has 25 heavy (non-hydrogen) atoms. The minimum absolute atomic E-state index is 0.0595. The molecule has 0 radical (unpaired) electrons. The van der Waals surface area contributed by atoms with Crippen molar-refractivity contribution in [3.05, 3.63) is 35.7 Å². The van der Waals surface area contributed by atoms with E-state index in [0.717, 1.165) is 0 Å². The maximum absolute atomic E-state index is 12.4. The van der Waals surface area contributed by atoms with E-state index in [9.17, 15) is 13.2 Å². The van der Waals surface area contributed by atoms with Gasteiger partial charge in [-0.2, -0.15) is 5.10 Å². The van der Waals surface area contributed by atoms with E-state index in [2.05, 4.69) is 14.9 Å². The van der Waals surface area contributed by atoms with Gasteiger partial charge in [-0.25, -0.2) is 13.1 Å². The fourth-order valence-electron chi connectivity index (χ4n) is 2.60. The van der Waals surface area contributed by atoms with Crippen LogP contribution in [0.25, 0.3) is 0 Å². The van der Waals surface area contributed by atoms with Crippen molar-refractivity contribution in [1.82, 2.24) is 14.9 Å². The lowest BCUT2D eigenvalue weighted by Gasteiger charge is -2.23. The summed E-state index contributed by atoms with van der Waals surface area (Å²) in [4.78, 5) is 13.6. The van der Waals surface area contributed by atoms with Gasteiger partial charge >= 0.3 is 0 Å². The number of nitrogens with zero attached hydrogens (tertiary/aromatic N) is 2. The zero-order valence-corrected chi connectivity index (χ0v) is 15.5. The number of ether oxygens (including phenoxy) is 1. The summed E-state index contributed by atoms with van der Waals surface area (Å²) in [7, 11) is -2.19. The van der Waals surface area contributed by atoms with Gasteiger partial charge in [-0.15, -0.1) is 0 Å². The van der Waals surface area contributed by atoms with E-state index < -0.39 is 10.0 Å². The second-order valence-electron chi connectivity index (χ2n) is 5.50. The van der Waals surface area contributed by atoms with Crippen molar-refractivity contribution < 1.29 is 17.9 Å². The number of aromatic nitrogens is 2. The van der Waals surface area contributed by atoms with Crippen molar-refractivity contribution in [3.8, 4) is 5.75 Å². The minimum atomic E-state index is -3.71. The molecule has 1 heterocycles. The van der Waals surface area contributed by atoms with Crippen LogP contribution in [0.5, 0.6) is 5.75 Å². The third-order valence-corrected chi connectivity index (χ3v) is 5.44. The Balaban J connectivity index is 2.14. The lowest BCUT2D eigenvalue weighted by Crippen LogP contribution is -2.38. The number of aryl methyl sites for hydroxylation is 2. The molecule has 1 amide bonds. The number of amides is 1. The van der Waals surface area contributed by atoms with Gasteiger partial charge < -0.3 is 9.64 Å². The molecule has 8 nitrogen and oxygen atoms in total. The van der Waals surface area contributed by atoms with Gasteiger partial charge in [0.25, 0.3) is 0 Å². The summed E-state index contributed by atoms with van der Waals surface area (Å²) in [6.07, 6.45) is 0. The van der Waals surface area contributed by atoms with E-state index in [1.807, 2.05) is 0 Å². The van der Waals surface area contributed by atoms with Gasteiger partial charge in [0, 0.05) is 20.0 Å². The topological polar surface area (TPSA) is 104 Å². The number of H-pyrrole nitrogens is 1. The Morgan fingerprint density at radius 2 is 2.00 bits per heavy atom. The molecule has 9 heteroatoms. The molecular formula is C16H22N4O4S. The van der Waals surface area contributed by atoms with Crippen LogP contribution in [0.2, 0.25) is 0 Å². The molecule has 0 aliphatic rings. The molecular weight excluding hydrogens is 344 g/mol. The van der Waals surface area contributed by atoms with Gasteiger partial charge in [0.1, 0.15) is 10.6 Å². The molecule has 0 aliphatic heterocycles. The first-order valence-electron chi connectivity index (χ1n) is 7.70. The number of carbonyl (C=O) groups excluding carboxylic acids is 1. The normalized spacial score (nSPS) is 11.4. The van der Waals surface area contributed by atoms with E-state index in [4.69, 9.17) is 4.74 Å². The van der Waals surface area contributed by atoms with Crippen LogP contribution in [0.15, 0.2) is 29.2 Å². The molecule has 2 rings (SSSR count). The van der Waals surface area contributed by atoms with Crippen molar-refractivity contribution >= 4 is 21.6 Å². The molecule has 0 bridgehead atoms. The van der Waals surface area contributed by atoms with Gasteiger partial charge in [-0.05, 0) is 26.0 Å². The lowest BCUT2D eigenvalue weighted by molar-refractivity contribution is -0.116. The van der Waals surface area contributed by atoms with Crippen LogP contribution in [0.1, 0.15) is 18.3 Å². The summed E-state index contributed by atoms with van der Waals surface area (Å²) < 4.78 is 32.7. The molecule has 0 atom stereocenters. The summed E-state index contributed by atoms with van der Waals surface area (Å²) in [6, 6.07) is 7.08.